The lowest BCUT2D eigenvalue weighted by Crippen LogP contribution is -2.14. The Labute approximate surface area is 107 Å². The van der Waals surface area contributed by atoms with Crippen molar-refractivity contribution in [1.29, 1.82) is 0 Å². The average molecular weight is 252 g/mol. The van der Waals surface area contributed by atoms with E-state index in [0.717, 1.165) is 29.5 Å². The number of rotatable bonds is 6. The second-order valence-electron chi connectivity index (χ2n) is 4.23. The first kappa shape index (κ1) is 12.4. The summed E-state index contributed by atoms with van der Waals surface area (Å²) in [5.41, 5.74) is 2.00. The van der Waals surface area contributed by atoms with Gasteiger partial charge in [-0.2, -0.15) is 0 Å². The fraction of sp³-hybridized carbons (Fsp3) is 0.462. The molecule has 0 saturated carbocycles. The Bertz CT molecular complexity index is 478. The molecule has 3 nitrogen and oxygen atoms in total. The molecule has 0 radical (unpaired) electrons. The van der Waals surface area contributed by atoms with Crippen molar-refractivity contribution in [3.8, 4) is 0 Å². The maximum Gasteiger partial charge on any atom is 0.137 e. The molecule has 2 rings (SSSR count). The van der Waals surface area contributed by atoms with Crippen molar-refractivity contribution in [1.82, 2.24) is 14.7 Å². The molecule has 0 aromatic carbocycles. The summed E-state index contributed by atoms with van der Waals surface area (Å²) < 4.78 is 1.96. The number of unbranched alkanes of at least 4 members (excludes halogenated alkanes) is 2. The summed E-state index contributed by atoms with van der Waals surface area (Å²) in [6.45, 7) is 4.09. The topological polar surface area (TPSA) is 29.3 Å². The molecule has 0 aliphatic rings. The van der Waals surface area contributed by atoms with Crippen LogP contribution in [0.1, 0.15) is 31.9 Å². The maximum absolute atomic E-state index is 5.93. The number of hydrogen-bond donors (Lipinski definition) is 1. The van der Waals surface area contributed by atoms with Gasteiger partial charge >= 0.3 is 0 Å². The van der Waals surface area contributed by atoms with Gasteiger partial charge in [-0.15, -0.1) is 0 Å². The minimum absolute atomic E-state index is 0.734. The molecule has 17 heavy (non-hydrogen) atoms. The predicted molar refractivity (Wildman–Crippen MR) is 71.4 cm³/mol. The van der Waals surface area contributed by atoms with Crippen LogP contribution in [0.15, 0.2) is 24.5 Å². The smallest absolute Gasteiger partial charge is 0.137 e. The van der Waals surface area contributed by atoms with E-state index in [4.69, 9.17) is 11.6 Å². The lowest BCUT2D eigenvalue weighted by molar-refractivity contribution is 0.612. The van der Waals surface area contributed by atoms with Gasteiger partial charge in [0.15, 0.2) is 0 Å². The van der Waals surface area contributed by atoms with Crippen molar-refractivity contribution in [3.05, 3.63) is 35.2 Å². The van der Waals surface area contributed by atoms with Gasteiger partial charge < -0.3 is 9.72 Å². The number of hydrogen-bond acceptors (Lipinski definition) is 2. The number of fused-ring (bicyclic) bond motifs is 1. The molecule has 2 aromatic heterocycles. The molecular weight excluding hydrogens is 234 g/mol. The molecule has 92 valence electrons. The van der Waals surface area contributed by atoms with Gasteiger partial charge in [0.05, 0.1) is 10.7 Å². The Hall–Kier alpha value is -1.06. The first-order chi connectivity index (χ1) is 8.29. The highest BCUT2D eigenvalue weighted by Crippen LogP contribution is 2.11. The van der Waals surface area contributed by atoms with Gasteiger partial charge in [0.25, 0.3) is 0 Å². The van der Waals surface area contributed by atoms with Crippen LogP contribution in [0, 0.1) is 0 Å². The van der Waals surface area contributed by atoms with Crippen molar-refractivity contribution in [2.24, 2.45) is 0 Å². The van der Waals surface area contributed by atoms with E-state index in [1.165, 1.54) is 19.3 Å². The second kappa shape index (κ2) is 6.03. The molecule has 2 heterocycles. The zero-order valence-electron chi connectivity index (χ0n) is 10.1. The first-order valence-electron chi connectivity index (χ1n) is 6.13. The summed E-state index contributed by atoms with van der Waals surface area (Å²) in [5, 5.41) is 4.14. The highest BCUT2D eigenvalue weighted by Gasteiger charge is 2.01. The molecule has 1 N–H and O–H groups in total. The fourth-order valence-corrected chi connectivity index (χ4v) is 1.99. The van der Waals surface area contributed by atoms with Crippen LogP contribution in [0.4, 0.5) is 0 Å². The summed E-state index contributed by atoms with van der Waals surface area (Å²) in [6, 6.07) is 3.80. The van der Waals surface area contributed by atoms with E-state index in [9.17, 15) is 0 Å². The third-order valence-corrected chi connectivity index (χ3v) is 2.95. The average Bonchev–Trinajstić information content (AvgIpc) is 2.70. The van der Waals surface area contributed by atoms with E-state index >= 15 is 0 Å². The molecule has 0 spiro atoms. The standard InChI is InChI=1S/C13H18ClN3/c1-2-3-4-7-15-8-12-10-17-9-11(14)5-6-13(17)16-12/h5-6,9-10,15H,2-4,7-8H2,1H3. The summed E-state index contributed by atoms with van der Waals surface area (Å²) >= 11 is 5.93. The summed E-state index contributed by atoms with van der Waals surface area (Å²) in [6.07, 6.45) is 7.68. The van der Waals surface area contributed by atoms with Crippen LogP contribution in [0.25, 0.3) is 5.65 Å². The third kappa shape index (κ3) is 3.45. The minimum Gasteiger partial charge on any atom is -0.311 e. The van der Waals surface area contributed by atoms with Crippen molar-refractivity contribution in [2.75, 3.05) is 6.54 Å². The lowest BCUT2D eigenvalue weighted by atomic mass is 10.2. The van der Waals surface area contributed by atoms with Crippen molar-refractivity contribution < 1.29 is 0 Å². The van der Waals surface area contributed by atoms with Crippen molar-refractivity contribution >= 4 is 17.2 Å². The second-order valence-corrected chi connectivity index (χ2v) is 4.67. The van der Waals surface area contributed by atoms with Crippen LogP contribution in [0.5, 0.6) is 0 Å². The summed E-state index contributed by atoms with van der Waals surface area (Å²) in [7, 11) is 0. The molecular formula is C13H18ClN3. The van der Waals surface area contributed by atoms with E-state index in [1.807, 2.05) is 28.9 Å². The van der Waals surface area contributed by atoms with Crippen LogP contribution < -0.4 is 5.32 Å². The Morgan fingerprint density at radius 2 is 2.18 bits per heavy atom. The Morgan fingerprint density at radius 3 is 3.00 bits per heavy atom. The van der Waals surface area contributed by atoms with E-state index in [1.54, 1.807) is 0 Å². The largest absolute Gasteiger partial charge is 0.311 e. The fourth-order valence-electron chi connectivity index (χ4n) is 1.82. The van der Waals surface area contributed by atoms with Gasteiger partial charge in [-0.3, -0.25) is 0 Å². The highest BCUT2D eigenvalue weighted by molar-refractivity contribution is 6.30. The van der Waals surface area contributed by atoms with Gasteiger partial charge in [0.2, 0.25) is 0 Å². The molecule has 0 saturated heterocycles. The zero-order valence-corrected chi connectivity index (χ0v) is 10.9. The molecule has 0 atom stereocenters. The third-order valence-electron chi connectivity index (χ3n) is 2.73. The maximum atomic E-state index is 5.93. The quantitative estimate of drug-likeness (QED) is 0.799. The van der Waals surface area contributed by atoms with E-state index in [0.29, 0.717) is 0 Å². The Kier molecular flexibility index (Phi) is 4.40. The monoisotopic (exact) mass is 251 g/mol. The SMILES string of the molecule is CCCCCNCc1cn2cc(Cl)ccc2n1. The van der Waals surface area contributed by atoms with Gasteiger partial charge in [-0.25, -0.2) is 4.98 Å². The van der Waals surface area contributed by atoms with Gasteiger partial charge in [-0.1, -0.05) is 31.4 Å². The van der Waals surface area contributed by atoms with Crippen LogP contribution in [-0.4, -0.2) is 15.9 Å². The summed E-state index contributed by atoms with van der Waals surface area (Å²) in [4.78, 5) is 4.51. The van der Waals surface area contributed by atoms with Crippen molar-refractivity contribution in [3.63, 3.8) is 0 Å². The Balaban J connectivity index is 1.91. The molecule has 0 fully saturated rings. The number of imidazole rings is 1. The molecule has 0 aliphatic heterocycles. The first-order valence-corrected chi connectivity index (χ1v) is 6.51. The highest BCUT2D eigenvalue weighted by atomic mass is 35.5. The van der Waals surface area contributed by atoms with Gasteiger partial charge in [0.1, 0.15) is 5.65 Å². The van der Waals surface area contributed by atoms with Crippen LogP contribution in [-0.2, 0) is 6.54 Å². The predicted octanol–water partition coefficient (Wildman–Crippen LogP) is 3.27. The van der Waals surface area contributed by atoms with E-state index in [2.05, 4.69) is 17.2 Å². The number of nitrogens with one attached hydrogen (secondary N) is 1. The van der Waals surface area contributed by atoms with Gasteiger partial charge in [0, 0.05) is 18.9 Å². The molecule has 0 bridgehead atoms. The molecule has 2 aromatic rings. The molecule has 0 unspecified atom stereocenters. The lowest BCUT2D eigenvalue weighted by Gasteiger charge is -2.00. The number of nitrogens with zero attached hydrogens (tertiary/aromatic N) is 2. The number of pyridine rings is 1. The molecule has 0 aliphatic carbocycles. The summed E-state index contributed by atoms with van der Waals surface area (Å²) in [5.74, 6) is 0. The number of aromatic nitrogens is 2. The van der Waals surface area contributed by atoms with Crippen LogP contribution >= 0.6 is 11.6 Å². The van der Waals surface area contributed by atoms with E-state index in [-0.39, 0.29) is 0 Å². The van der Waals surface area contributed by atoms with Crippen LogP contribution in [0.2, 0.25) is 5.02 Å². The van der Waals surface area contributed by atoms with Crippen molar-refractivity contribution in [2.45, 2.75) is 32.7 Å². The van der Waals surface area contributed by atoms with E-state index < -0.39 is 0 Å². The molecule has 0 amide bonds. The molecule has 4 heteroatoms. The zero-order chi connectivity index (χ0) is 12.1. The van der Waals surface area contributed by atoms with Crippen LogP contribution in [0.3, 0.4) is 0 Å². The van der Waals surface area contributed by atoms with Gasteiger partial charge in [-0.05, 0) is 25.1 Å². The normalized spacial score (nSPS) is 11.2. The Morgan fingerprint density at radius 1 is 1.29 bits per heavy atom. The number of halogens is 1. The minimum atomic E-state index is 0.734.